The van der Waals surface area contributed by atoms with Gasteiger partial charge in [0.15, 0.2) is 0 Å². The van der Waals surface area contributed by atoms with E-state index in [1.807, 2.05) is 0 Å². The highest BCUT2D eigenvalue weighted by Crippen LogP contribution is 2.27. The number of anilines is 1. The first-order valence-corrected chi connectivity index (χ1v) is 6.51. The van der Waals surface area contributed by atoms with E-state index in [2.05, 4.69) is 31.9 Å². The van der Waals surface area contributed by atoms with Crippen molar-refractivity contribution < 1.29 is 14.5 Å². The average molecular weight is 343 g/mol. The Morgan fingerprint density at radius 1 is 1.50 bits per heavy atom. The number of halogens is 1. The Morgan fingerprint density at radius 3 is 2.85 bits per heavy atom. The molecule has 1 aromatic rings. The van der Waals surface area contributed by atoms with Crippen LogP contribution in [0.25, 0.3) is 0 Å². The monoisotopic (exact) mass is 342 g/mol. The SMILES string of the molecule is O=C1CNC(C(=O)Nc2ccc(Br)c([N+](=O)[O-])c2)CN1. The van der Waals surface area contributed by atoms with Gasteiger partial charge >= 0.3 is 0 Å². The minimum Gasteiger partial charge on any atom is -0.353 e. The molecule has 0 spiro atoms. The molecule has 1 aromatic carbocycles. The lowest BCUT2D eigenvalue weighted by molar-refractivity contribution is -0.385. The second-order valence-electron chi connectivity index (χ2n) is 4.15. The van der Waals surface area contributed by atoms with E-state index in [9.17, 15) is 19.7 Å². The molecule has 106 valence electrons. The Labute approximate surface area is 122 Å². The summed E-state index contributed by atoms with van der Waals surface area (Å²) in [4.78, 5) is 33.2. The first kappa shape index (κ1) is 14.4. The van der Waals surface area contributed by atoms with Crippen molar-refractivity contribution in [1.82, 2.24) is 10.6 Å². The number of carbonyl (C=O) groups is 2. The molecule has 2 rings (SSSR count). The second-order valence-corrected chi connectivity index (χ2v) is 5.00. The zero-order chi connectivity index (χ0) is 14.7. The molecular formula is C11H11BrN4O4. The molecule has 1 saturated heterocycles. The summed E-state index contributed by atoms with van der Waals surface area (Å²) in [5, 5.41) is 18.7. The predicted molar refractivity (Wildman–Crippen MR) is 74.2 cm³/mol. The van der Waals surface area contributed by atoms with Gasteiger partial charge in [-0.3, -0.25) is 25.0 Å². The number of nitrogens with zero attached hydrogens (tertiary/aromatic N) is 1. The molecule has 3 N–H and O–H groups in total. The zero-order valence-electron chi connectivity index (χ0n) is 10.2. The highest BCUT2D eigenvalue weighted by Gasteiger charge is 2.24. The summed E-state index contributed by atoms with van der Waals surface area (Å²) in [5.74, 6) is -0.532. The van der Waals surface area contributed by atoms with Crippen molar-refractivity contribution in [2.45, 2.75) is 6.04 Å². The number of amides is 2. The summed E-state index contributed by atoms with van der Waals surface area (Å²) in [5.41, 5.74) is 0.191. The number of nitro benzene ring substituents is 1. The van der Waals surface area contributed by atoms with Crippen molar-refractivity contribution in [3.05, 3.63) is 32.8 Å². The van der Waals surface area contributed by atoms with Gasteiger partial charge in [0.1, 0.15) is 6.04 Å². The Balaban J connectivity index is 2.06. The minimum atomic E-state index is -0.560. The fourth-order valence-electron chi connectivity index (χ4n) is 1.71. The fourth-order valence-corrected chi connectivity index (χ4v) is 2.10. The van der Waals surface area contributed by atoms with Crippen LogP contribution in [0.3, 0.4) is 0 Å². The van der Waals surface area contributed by atoms with Crippen molar-refractivity contribution >= 4 is 39.1 Å². The van der Waals surface area contributed by atoms with Crippen LogP contribution in [0.5, 0.6) is 0 Å². The van der Waals surface area contributed by atoms with E-state index in [4.69, 9.17) is 0 Å². The largest absolute Gasteiger partial charge is 0.353 e. The lowest BCUT2D eigenvalue weighted by atomic mass is 10.2. The van der Waals surface area contributed by atoms with Gasteiger partial charge in [-0.1, -0.05) is 0 Å². The van der Waals surface area contributed by atoms with Crippen LogP contribution in [0, 0.1) is 10.1 Å². The zero-order valence-corrected chi connectivity index (χ0v) is 11.8. The quantitative estimate of drug-likeness (QED) is 0.543. The third-order valence-corrected chi connectivity index (χ3v) is 3.41. The molecule has 1 aliphatic heterocycles. The van der Waals surface area contributed by atoms with Gasteiger partial charge in [-0.05, 0) is 28.1 Å². The first-order valence-electron chi connectivity index (χ1n) is 5.72. The molecule has 9 heteroatoms. The van der Waals surface area contributed by atoms with Gasteiger partial charge in [-0.15, -0.1) is 0 Å². The lowest BCUT2D eigenvalue weighted by Crippen LogP contribution is -2.56. The third-order valence-electron chi connectivity index (χ3n) is 2.74. The molecule has 0 aromatic heterocycles. The van der Waals surface area contributed by atoms with Crippen LogP contribution in [0.1, 0.15) is 0 Å². The van der Waals surface area contributed by atoms with Crippen molar-refractivity contribution in [3.8, 4) is 0 Å². The number of carbonyl (C=O) groups excluding carboxylic acids is 2. The van der Waals surface area contributed by atoms with Crippen LogP contribution in [0.15, 0.2) is 22.7 Å². The lowest BCUT2D eigenvalue weighted by Gasteiger charge is -2.23. The van der Waals surface area contributed by atoms with Crippen LogP contribution in [0.4, 0.5) is 11.4 Å². The maximum Gasteiger partial charge on any atom is 0.285 e. The van der Waals surface area contributed by atoms with Crippen LogP contribution >= 0.6 is 15.9 Å². The van der Waals surface area contributed by atoms with E-state index in [0.717, 1.165) is 0 Å². The number of rotatable bonds is 3. The Kier molecular flexibility index (Phi) is 4.30. The van der Waals surface area contributed by atoms with Gasteiger partial charge in [-0.2, -0.15) is 0 Å². The summed E-state index contributed by atoms with van der Waals surface area (Å²) < 4.78 is 0.337. The average Bonchev–Trinajstić information content (AvgIpc) is 2.41. The molecule has 1 fully saturated rings. The summed E-state index contributed by atoms with van der Waals surface area (Å²) in [7, 11) is 0. The number of nitrogens with one attached hydrogen (secondary N) is 3. The van der Waals surface area contributed by atoms with Gasteiger partial charge in [0.2, 0.25) is 11.8 Å². The smallest absolute Gasteiger partial charge is 0.285 e. The van der Waals surface area contributed by atoms with Crippen LogP contribution in [-0.4, -0.2) is 35.9 Å². The van der Waals surface area contributed by atoms with Crippen molar-refractivity contribution in [2.75, 3.05) is 18.4 Å². The molecule has 0 radical (unpaired) electrons. The maximum atomic E-state index is 11.9. The summed E-state index contributed by atoms with van der Waals surface area (Å²) in [6, 6.07) is 3.75. The molecule has 0 aliphatic carbocycles. The minimum absolute atomic E-state index is 0.0680. The molecule has 20 heavy (non-hydrogen) atoms. The molecule has 2 amide bonds. The highest BCUT2D eigenvalue weighted by molar-refractivity contribution is 9.10. The first-order chi connectivity index (χ1) is 9.47. The number of piperazine rings is 1. The van der Waals surface area contributed by atoms with Crippen molar-refractivity contribution in [3.63, 3.8) is 0 Å². The van der Waals surface area contributed by atoms with Crippen LogP contribution < -0.4 is 16.0 Å². The Morgan fingerprint density at radius 2 is 2.25 bits per heavy atom. The van der Waals surface area contributed by atoms with E-state index in [1.54, 1.807) is 6.07 Å². The Hall–Kier alpha value is -2.00. The normalized spacial score (nSPS) is 18.2. The number of hydrogen-bond donors (Lipinski definition) is 3. The van der Waals surface area contributed by atoms with E-state index < -0.39 is 11.0 Å². The summed E-state index contributed by atoms with van der Waals surface area (Å²) >= 11 is 3.07. The molecule has 1 atom stereocenters. The second kappa shape index (κ2) is 5.97. The summed E-state index contributed by atoms with van der Waals surface area (Å²) in [6.07, 6.45) is 0. The maximum absolute atomic E-state index is 11.9. The van der Waals surface area contributed by atoms with Crippen LogP contribution in [-0.2, 0) is 9.59 Å². The third kappa shape index (κ3) is 3.31. The molecular weight excluding hydrogens is 332 g/mol. The molecule has 0 bridgehead atoms. The molecule has 8 nitrogen and oxygen atoms in total. The van der Waals surface area contributed by atoms with Crippen molar-refractivity contribution in [2.24, 2.45) is 0 Å². The number of nitro groups is 1. The molecule has 1 unspecified atom stereocenters. The molecule has 0 saturated carbocycles. The van der Waals surface area contributed by atoms with E-state index in [-0.39, 0.29) is 30.6 Å². The fraction of sp³-hybridized carbons (Fsp3) is 0.273. The van der Waals surface area contributed by atoms with Gasteiger partial charge in [0, 0.05) is 18.3 Å². The van der Waals surface area contributed by atoms with E-state index >= 15 is 0 Å². The van der Waals surface area contributed by atoms with Gasteiger partial charge in [0.25, 0.3) is 5.69 Å². The Bertz CT molecular complexity index is 568. The predicted octanol–water partition coefficient (Wildman–Crippen LogP) is 0.384. The van der Waals surface area contributed by atoms with Gasteiger partial charge < -0.3 is 10.6 Å². The van der Waals surface area contributed by atoms with Gasteiger partial charge in [0.05, 0.1) is 15.9 Å². The van der Waals surface area contributed by atoms with E-state index in [1.165, 1.54) is 12.1 Å². The topological polar surface area (TPSA) is 113 Å². The van der Waals surface area contributed by atoms with E-state index in [0.29, 0.717) is 10.2 Å². The van der Waals surface area contributed by atoms with Gasteiger partial charge in [-0.25, -0.2) is 0 Å². The standard InChI is InChI=1S/C11H11BrN4O4/c12-7-2-1-6(3-9(7)16(19)20)15-11(18)8-4-14-10(17)5-13-8/h1-3,8,13H,4-5H2,(H,14,17)(H,15,18). The highest BCUT2D eigenvalue weighted by atomic mass is 79.9. The molecule has 1 aliphatic rings. The number of benzene rings is 1. The number of hydrogen-bond acceptors (Lipinski definition) is 5. The molecule has 1 heterocycles. The van der Waals surface area contributed by atoms with Crippen LogP contribution in [0.2, 0.25) is 0 Å². The summed E-state index contributed by atoms with van der Waals surface area (Å²) in [6.45, 7) is 0.252. The van der Waals surface area contributed by atoms with Crippen molar-refractivity contribution in [1.29, 1.82) is 0 Å².